The van der Waals surface area contributed by atoms with Crippen molar-refractivity contribution >= 4 is 16.9 Å². The first-order valence-electron chi connectivity index (χ1n) is 5.88. The molecule has 0 radical (unpaired) electrons. The third-order valence-corrected chi connectivity index (χ3v) is 2.77. The van der Waals surface area contributed by atoms with E-state index in [4.69, 9.17) is 18.6 Å². The van der Waals surface area contributed by atoms with Crippen LogP contribution in [0.1, 0.15) is 12.5 Å². The fourth-order valence-corrected chi connectivity index (χ4v) is 1.90. The van der Waals surface area contributed by atoms with Crippen molar-refractivity contribution in [3.63, 3.8) is 0 Å². The molecule has 0 atom stereocenters. The van der Waals surface area contributed by atoms with Crippen LogP contribution in [0.15, 0.2) is 27.4 Å². The van der Waals surface area contributed by atoms with E-state index in [2.05, 4.69) is 0 Å². The van der Waals surface area contributed by atoms with Gasteiger partial charge in [0.1, 0.15) is 6.61 Å². The van der Waals surface area contributed by atoms with Crippen LogP contribution in [0.5, 0.6) is 11.5 Å². The summed E-state index contributed by atoms with van der Waals surface area (Å²) < 4.78 is 20.5. The van der Waals surface area contributed by atoms with E-state index < -0.39 is 11.6 Å². The SMILES string of the molecule is COc1ccc2c(COC(C)=O)cc(=O)oc2c1OC. The minimum atomic E-state index is -0.550. The molecule has 0 fully saturated rings. The highest BCUT2D eigenvalue weighted by Crippen LogP contribution is 2.35. The van der Waals surface area contributed by atoms with Crippen LogP contribution >= 0.6 is 0 Å². The maximum atomic E-state index is 11.6. The van der Waals surface area contributed by atoms with Crippen molar-refractivity contribution in [2.45, 2.75) is 13.5 Å². The second kappa shape index (κ2) is 5.64. The molecule has 1 heterocycles. The first-order valence-corrected chi connectivity index (χ1v) is 5.88. The highest BCUT2D eigenvalue weighted by Gasteiger charge is 2.15. The van der Waals surface area contributed by atoms with E-state index in [1.807, 2.05) is 0 Å². The van der Waals surface area contributed by atoms with E-state index >= 15 is 0 Å². The van der Waals surface area contributed by atoms with Crippen LogP contribution < -0.4 is 15.1 Å². The number of rotatable bonds is 4. The molecule has 1 aromatic carbocycles. The van der Waals surface area contributed by atoms with Crippen LogP contribution in [0.3, 0.4) is 0 Å². The van der Waals surface area contributed by atoms with E-state index in [-0.39, 0.29) is 12.2 Å². The number of hydrogen-bond donors (Lipinski definition) is 0. The Balaban J connectivity index is 2.65. The molecule has 0 aliphatic carbocycles. The number of hydrogen-bond acceptors (Lipinski definition) is 6. The van der Waals surface area contributed by atoms with Crippen molar-refractivity contribution in [1.82, 2.24) is 0 Å². The third kappa shape index (κ3) is 2.59. The number of ether oxygens (including phenoxy) is 3. The van der Waals surface area contributed by atoms with Crippen LogP contribution in [-0.2, 0) is 16.1 Å². The monoisotopic (exact) mass is 278 g/mol. The predicted molar refractivity (Wildman–Crippen MR) is 71.1 cm³/mol. The summed E-state index contributed by atoms with van der Waals surface area (Å²) in [4.78, 5) is 22.5. The molecule has 0 amide bonds. The van der Waals surface area contributed by atoms with Crippen molar-refractivity contribution < 1.29 is 23.4 Å². The lowest BCUT2D eigenvalue weighted by atomic mass is 10.1. The zero-order valence-electron chi connectivity index (χ0n) is 11.4. The normalized spacial score (nSPS) is 10.3. The zero-order valence-corrected chi connectivity index (χ0v) is 11.4. The van der Waals surface area contributed by atoms with Gasteiger partial charge in [0.05, 0.1) is 14.2 Å². The van der Waals surface area contributed by atoms with E-state index in [0.717, 1.165) is 0 Å². The lowest BCUT2D eigenvalue weighted by Crippen LogP contribution is -2.05. The number of fused-ring (bicyclic) bond motifs is 1. The largest absolute Gasteiger partial charge is 0.493 e. The predicted octanol–water partition coefficient (Wildman–Crippen LogP) is 1.87. The van der Waals surface area contributed by atoms with Gasteiger partial charge in [-0.15, -0.1) is 0 Å². The number of methoxy groups -OCH3 is 2. The molecule has 0 bridgehead atoms. The molecule has 0 N–H and O–H groups in total. The average molecular weight is 278 g/mol. The summed E-state index contributed by atoms with van der Waals surface area (Å²) in [6.45, 7) is 1.30. The summed E-state index contributed by atoms with van der Waals surface area (Å²) in [5.74, 6) is 0.353. The molecule has 2 rings (SSSR count). The van der Waals surface area contributed by atoms with E-state index in [9.17, 15) is 9.59 Å². The second-order valence-corrected chi connectivity index (χ2v) is 4.05. The quantitative estimate of drug-likeness (QED) is 0.628. The van der Waals surface area contributed by atoms with Crippen LogP contribution in [-0.4, -0.2) is 20.2 Å². The van der Waals surface area contributed by atoms with Gasteiger partial charge in [-0.1, -0.05) is 0 Å². The number of esters is 1. The first kappa shape index (κ1) is 13.9. The molecule has 0 aliphatic rings. The number of carbonyl (C=O) groups is 1. The fraction of sp³-hybridized carbons (Fsp3) is 0.286. The van der Waals surface area contributed by atoms with Crippen molar-refractivity contribution in [3.05, 3.63) is 34.2 Å². The summed E-state index contributed by atoms with van der Waals surface area (Å²) in [5, 5.41) is 0.628. The number of carbonyl (C=O) groups excluding carboxylic acids is 1. The minimum Gasteiger partial charge on any atom is -0.493 e. The molecule has 0 unspecified atom stereocenters. The number of benzene rings is 1. The zero-order chi connectivity index (χ0) is 14.7. The Kier molecular flexibility index (Phi) is 3.93. The second-order valence-electron chi connectivity index (χ2n) is 4.05. The minimum absolute atomic E-state index is 0.00703. The Hall–Kier alpha value is -2.50. The molecular weight excluding hydrogens is 264 g/mol. The average Bonchev–Trinajstić information content (AvgIpc) is 2.43. The molecule has 0 saturated carbocycles. The highest BCUT2D eigenvalue weighted by atomic mass is 16.5. The molecule has 0 saturated heterocycles. The Labute approximate surface area is 114 Å². The van der Waals surface area contributed by atoms with Gasteiger partial charge in [0, 0.05) is 23.9 Å². The molecule has 6 nitrogen and oxygen atoms in total. The Bertz CT molecular complexity index is 701. The molecule has 106 valence electrons. The van der Waals surface area contributed by atoms with Gasteiger partial charge in [-0.2, -0.15) is 0 Å². The topological polar surface area (TPSA) is 75.0 Å². The molecule has 0 aliphatic heterocycles. The van der Waals surface area contributed by atoms with Crippen LogP contribution in [0, 0.1) is 0 Å². The van der Waals surface area contributed by atoms with Gasteiger partial charge in [-0.05, 0) is 12.1 Å². The van der Waals surface area contributed by atoms with Crippen LogP contribution in [0.2, 0.25) is 0 Å². The lowest BCUT2D eigenvalue weighted by Gasteiger charge is -2.11. The summed E-state index contributed by atoms with van der Waals surface area (Å²) in [6.07, 6.45) is 0. The molecule has 20 heavy (non-hydrogen) atoms. The van der Waals surface area contributed by atoms with Crippen molar-refractivity contribution in [3.8, 4) is 11.5 Å². The van der Waals surface area contributed by atoms with Gasteiger partial charge in [0.15, 0.2) is 11.3 Å². The van der Waals surface area contributed by atoms with Gasteiger partial charge in [0.2, 0.25) is 5.75 Å². The summed E-state index contributed by atoms with van der Waals surface area (Å²) in [5.41, 5.74) is 0.264. The van der Waals surface area contributed by atoms with Gasteiger partial charge in [-0.3, -0.25) is 4.79 Å². The van der Waals surface area contributed by atoms with Crippen molar-refractivity contribution in [1.29, 1.82) is 0 Å². The highest BCUT2D eigenvalue weighted by molar-refractivity contribution is 5.88. The lowest BCUT2D eigenvalue weighted by molar-refractivity contribution is -0.142. The third-order valence-electron chi connectivity index (χ3n) is 2.77. The molecule has 1 aromatic heterocycles. The fourth-order valence-electron chi connectivity index (χ4n) is 1.90. The Morgan fingerprint density at radius 2 is 2.00 bits per heavy atom. The van der Waals surface area contributed by atoms with E-state index in [1.165, 1.54) is 27.2 Å². The van der Waals surface area contributed by atoms with E-state index in [0.29, 0.717) is 22.4 Å². The smallest absolute Gasteiger partial charge is 0.336 e. The molecule has 2 aromatic rings. The van der Waals surface area contributed by atoms with Gasteiger partial charge in [-0.25, -0.2) is 4.79 Å². The maximum Gasteiger partial charge on any atom is 0.336 e. The van der Waals surface area contributed by atoms with Crippen molar-refractivity contribution in [2.24, 2.45) is 0 Å². The summed E-state index contributed by atoms with van der Waals surface area (Å²) >= 11 is 0. The maximum absolute atomic E-state index is 11.6. The standard InChI is InChI=1S/C14H14O6/c1-8(15)19-7-9-6-12(16)20-13-10(9)4-5-11(17-2)14(13)18-3/h4-6H,7H2,1-3H3. The molecule has 6 heteroatoms. The first-order chi connectivity index (χ1) is 9.56. The van der Waals surface area contributed by atoms with Gasteiger partial charge >= 0.3 is 11.6 Å². The van der Waals surface area contributed by atoms with Gasteiger partial charge in [0.25, 0.3) is 0 Å². The van der Waals surface area contributed by atoms with Gasteiger partial charge < -0.3 is 18.6 Å². The van der Waals surface area contributed by atoms with Crippen LogP contribution in [0.25, 0.3) is 11.0 Å². The summed E-state index contributed by atoms with van der Waals surface area (Å²) in [6, 6.07) is 4.70. The summed E-state index contributed by atoms with van der Waals surface area (Å²) in [7, 11) is 2.94. The Morgan fingerprint density at radius 3 is 2.60 bits per heavy atom. The van der Waals surface area contributed by atoms with Crippen LogP contribution in [0.4, 0.5) is 0 Å². The van der Waals surface area contributed by atoms with E-state index in [1.54, 1.807) is 12.1 Å². The Morgan fingerprint density at radius 1 is 1.25 bits per heavy atom. The molecular formula is C14H14O6. The van der Waals surface area contributed by atoms with Crippen molar-refractivity contribution in [2.75, 3.05) is 14.2 Å². The molecule has 0 spiro atoms.